The number of ketones is 1. The predicted octanol–water partition coefficient (Wildman–Crippen LogP) is 2.54. The van der Waals surface area contributed by atoms with E-state index in [4.69, 9.17) is 0 Å². The van der Waals surface area contributed by atoms with Crippen molar-refractivity contribution in [3.8, 4) is 0 Å². The van der Waals surface area contributed by atoms with Gasteiger partial charge in [0.25, 0.3) is 11.7 Å². The Bertz CT molecular complexity index is 513. The summed E-state index contributed by atoms with van der Waals surface area (Å²) in [4.78, 5) is 23.4. The Kier molecular flexibility index (Phi) is 2.73. The molecule has 90 valence electrons. The van der Waals surface area contributed by atoms with Crippen LogP contribution in [0.3, 0.4) is 0 Å². The van der Waals surface area contributed by atoms with Gasteiger partial charge in [-0.2, -0.15) is 13.2 Å². The normalized spacial score (nSPS) is 15.4. The van der Waals surface area contributed by atoms with Crippen molar-refractivity contribution in [3.05, 3.63) is 28.2 Å². The molecular formula is C10H5BrF3NO2. The number of para-hydroxylation sites is 1. The zero-order chi connectivity index (χ0) is 12.8. The Labute approximate surface area is 102 Å². The zero-order valence-electron chi connectivity index (χ0n) is 8.21. The predicted molar refractivity (Wildman–Crippen MR) is 56.9 cm³/mol. The van der Waals surface area contributed by atoms with E-state index in [-0.39, 0.29) is 11.3 Å². The molecule has 0 bridgehead atoms. The van der Waals surface area contributed by atoms with E-state index in [0.717, 1.165) is 0 Å². The van der Waals surface area contributed by atoms with E-state index in [1.54, 1.807) is 0 Å². The van der Waals surface area contributed by atoms with Crippen LogP contribution in [0.1, 0.15) is 10.4 Å². The number of halogens is 4. The average Bonchev–Trinajstić information content (AvgIpc) is 2.43. The minimum atomic E-state index is -4.55. The number of nitrogens with zero attached hydrogens (tertiary/aromatic N) is 1. The number of hydrogen-bond acceptors (Lipinski definition) is 2. The molecule has 0 radical (unpaired) electrons. The summed E-state index contributed by atoms with van der Waals surface area (Å²) in [5, 5.41) is 0. The third kappa shape index (κ3) is 2.06. The van der Waals surface area contributed by atoms with Crippen LogP contribution in [0.15, 0.2) is 22.7 Å². The molecule has 1 heterocycles. The Morgan fingerprint density at radius 1 is 1.24 bits per heavy atom. The standard InChI is InChI=1S/C10H5BrF3NO2/c11-6-3-1-2-5-7(6)15(4-10(12,13)14)9(17)8(5)16/h1-3H,4H2. The Balaban J connectivity index is 2.51. The summed E-state index contributed by atoms with van der Waals surface area (Å²) >= 11 is 3.04. The topological polar surface area (TPSA) is 37.4 Å². The highest BCUT2D eigenvalue weighted by atomic mass is 79.9. The van der Waals surface area contributed by atoms with Crippen LogP contribution in [0.2, 0.25) is 0 Å². The first kappa shape index (κ1) is 12.1. The lowest BCUT2D eigenvalue weighted by molar-refractivity contribution is -0.129. The number of Topliss-reactive ketones (excluding diaryl/α,β-unsaturated/α-hetero) is 1. The monoisotopic (exact) mass is 307 g/mol. The van der Waals surface area contributed by atoms with Crippen LogP contribution < -0.4 is 4.90 Å². The minimum absolute atomic E-state index is 0.00590. The Hall–Kier alpha value is -1.37. The molecule has 0 saturated carbocycles. The van der Waals surface area contributed by atoms with Crippen LogP contribution in [-0.2, 0) is 4.79 Å². The van der Waals surface area contributed by atoms with Crippen molar-refractivity contribution < 1.29 is 22.8 Å². The van der Waals surface area contributed by atoms with Gasteiger partial charge >= 0.3 is 6.18 Å². The van der Waals surface area contributed by atoms with Crippen molar-refractivity contribution in [2.24, 2.45) is 0 Å². The third-order valence-electron chi connectivity index (χ3n) is 2.28. The summed E-state index contributed by atoms with van der Waals surface area (Å²) in [5.74, 6) is -2.06. The van der Waals surface area contributed by atoms with Crippen molar-refractivity contribution in [2.75, 3.05) is 11.4 Å². The summed E-state index contributed by atoms with van der Waals surface area (Å²) < 4.78 is 37.2. The summed E-state index contributed by atoms with van der Waals surface area (Å²) in [6, 6.07) is 4.30. The van der Waals surface area contributed by atoms with Crippen LogP contribution in [0.4, 0.5) is 18.9 Å². The van der Waals surface area contributed by atoms with Crippen molar-refractivity contribution in [2.45, 2.75) is 6.18 Å². The van der Waals surface area contributed by atoms with E-state index in [2.05, 4.69) is 15.9 Å². The molecule has 1 aromatic rings. The first-order valence-electron chi connectivity index (χ1n) is 4.53. The van der Waals surface area contributed by atoms with E-state index in [0.29, 0.717) is 9.37 Å². The van der Waals surface area contributed by atoms with Crippen molar-refractivity contribution in [1.82, 2.24) is 0 Å². The quantitative estimate of drug-likeness (QED) is 0.748. The zero-order valence-corrected chi connectivity index (χ0v) is 9.80. The smallest absolute Gasteiger partial charge is 0.295 e. The summed E-state index contributed by atoms with van der Waals surface area (Å²) in [6.45, 7) is -1.47. The lowest BCUT2D eigenvalue weighted by Crippen LogP contribution is -2.38. The number of anilines is 1. The lowest BCUT2D eigenvalue weighted by atomic mass is 10.1. The molecule has 17 heavy (non-hydrogen) atoms. The van der Waals surface area contributed by atoms with Crippen molar-refractivity contribution >= 4 is 33.3 Å². The first-order valence-corrected chi connectivity index (χ1v) is 5.32. The second-order valence-electron chi connectivity index (χ2n) is 3.47. The largest absolute Gasteiger partial charge is 0.406 e. The maximum atomic E-state index is 12.3. The van der Waals surface area contributed by atoms with Crippen LogP contribution >= 0.6 is 15.9 Å². The van der Waals surface area contributed by atoms with Crippen LogP contribution in [0, 0.1) is 0 Å². The highest BCUT2D eigenvalue weighted by molar-refractivity contribution is 9.10. The van der Waals surface area contributed by atoms with Crippen LogP contribution in [0.25, 0.3) is 0 Å². The molecule has 0 saturated heterocycles. The van der Waals surface area contributed by atoms with Crippen molar-refractivity contribution in [1.29, 1.82) is 0 Å². The summed E-state index contributed by atoms with van der Waals surface area (Å²) in [5.41, 5.74) is -0.0200. The number of carbonyl (C=O) groups is 2. The highest BCUT2D eigenvalue weighted by Crippen LogP contribution is 2.37. The van der Waals surface area contributed by atoms with E-state index in [1.165, 1.54) is 18.2 Å². The molecule has 2 rings (SSSR count). The van der Waals surface area contributed by atoms with Gasteiger partial charge in [-0.25, -0.2) is 0 Å². The molecule has 0 unspecified atom stereocenters. The molecule has 3 nitrogen and oxygen atoms in total. The molecule has 0 aliphatic carbocycles. The molecule has 0 aromatic heterocycles. The van der Waals surface area contributed by atoms with Gasteiger partial charge < -0.3 is 0 Å². The molecular weight excluding hydrogens is 303 g/mol. The highest BCUT2D eigenvalue weighted by Gasteiger charge is 2.43. The Morgan fingerprint density at radius 3 is 2.47 bits per heavy atom. The molecule has 1 aromatic carbocycles. The van der Waals surface area contributed by atoms with Gasteiger partial charge in [0, 0.05) is 4.47 Å². The van der Waals surface area contributed by atoms with Gasteiger partial charge in [0.05, 0.1) is 11.3 Å². The second kappa shape index (κ2) is 3.83. The van der Waals surface area contributed by atoms with Gasteiger partial charge in [0.15, 0.2) is 0 Å². The molecule has 0 spiro atoms. The number of amides is 1. The molecule has 7 heteroatoms. The van der Waals surface area contributed by atoms with Gasteiger partial charge in [-0.15, -0.1) is 0 Å². The Morgan fingerprint density at radius 2 is 1.88 bits per heavy atom. The number of carbonyl (C=O) groups excluding carboxylic acids is 2. The second-order valence-corrected chi connectivity index (χ2v) is 4.33. The minimum Gasteiger partial charge on any atom is -0.295 e. The molecule has 0 atom stereocenters. The summed E-state index contributed by atoms with van der Waals surface area (Å²) in [7, 11) is 0. The number of alkyl halides is 3. The third-order valence-corrected chi connectivity index (χ3v) is 2.92. The fourth-order valence-corrected chi connectivity index (χ4v) is 2.22. The number of rotatable bonds is 1. The SMILES string of the molecule is O=C1C(=O)N(CC(F)(F)F)c2c(Br)cccc21. The summed E-state index contributed by atoms with van der Waals surface area (Å²) in [6.07, 6.45) is -4.55. The maximum Gasteiger partial charge on any atom is 0.406 e. The average molecular weight is 308 g/mol. The number of benzene rings is 1. The first-order chi connectivity index (χ1) is 7.81. The van der Waals surface area contributed by atoms with Crippen LogP contribution in [-0.4, -0.2) is 24.4 Å². The van der Waals surface area contributed by atoms with Gasteiger partial charge in [0.2, 0.25) is 0 Å². The van der Waals surface area contributed by atoms with E-state index < -0.39 is 24.4 Å². The van der Waals surface area contributed by atoms with E-state index in [9.17, 15) is 22.8 Å². The fraction of sp³-hybridized carbons (Fsp3) is 0.200. The van der Waals surface area contributed by atoms with Crippen molar-refractivity contribution in [3.63, 3.8) is 0 Å². The molecule has 0 fully saturated rings. The molecule has 0 N–H and O–H groups in total. The number of fused-ring (bicyclic) bond motifs is 1. The van der Waals surface area contributed by atoms with Gasteiger partial charge in [-0.1, -0.05) is 6.07 Å². The number of hydrogen-bond donors (Lipinski definition) is 0. The fourth-order valence-electron chi connectivity index (χ4n) is 1.64. The van der Waals surface area contributed by atoms with Gasteiger partial charge in [-0.05, 0) is 28.1 Å². The van der Waals surface area contributed by atoms with Crippen LogP contribution in [0.5, 0.6) is 0 Å². The van der Waals surface area contributed by atoms with E-state index in [1.807, 2.05) is 0 Å². The maximum absolute atomic E-state index is 12.3. The molecule has 1 amide bonds. The molecule has 1 aliphatic rings. The van der Waals surface area contributed by atoms with Gasteiger partial charge in [0.1, 0.15) is 6.54 Å². The van der Waals surface area contributed by atoms with Gasteiger partial charge in [-0.3, -0.25) is 14.5 Å². The molecule has 1 aliphatic heterocycles. The lowest BCUT2D eigenvalue weighted by Gasteiger charge is -2.19. The van der Waals surface area contributed by atoms with E-state index >= 15 is 0 Å².